The van der Waals surface area contributed by atoms with Crippen molar-refractivity contribution in [1.29, 1.82) is 5.26 Å². The molecule has 0 saturated carbocycles. The summed E-state index contributed by atoms with van der Waals surface area (Å²) in [5.41, 5.74) is -0.926. The molecule has 21 heavy (non-hydrogen) atoms. The number of pyridine rings is 1. The number of nitrogens with zero attached hydrogens (tertiary/aromatic N) is 3. The van der Waals surface area contributed by atoms with Crippen LogP contribution in [0.4, 0.5) is 19.0 Å². The van der Waals surface area contributed by atoms with Gasteiger partial charge >= 0.3 is 6.18 Å². The molecule has 1 saturated heterocycles. The average Bonchev–Trinajstić information content (AvgIpc) is 2.64. The molecule has 112 valence electrons. The van der Waals surface area contributed by atoms with E-state index in [4.69, 9.17) is 10.00 Å². The Balaban J connectivity index is 2.02. The highest BCUT2D eigenvalue weighted by atomic mass is 19.4. The molecule has 3 heterocycles. The molecule has 4 nitrogen and oxygen atoms in total. The summed E-state index contributed by atoms with van der Waals surface area (Å²) < 4.78 is 44.1. The fraction of sp³-hybridized carbons (Fsp3) is 0.571. The number of anilines is 1. The van der Waals surface area contributed by atoms with Gasteiger partial charge in [-0.05, 0) is 25.0 Å². The molecule has 2 unspecified atom stereocenters. The van der Waals surface area contributed by atoms with Crippen LogP contribution in [0, 0.1) is 17.2 Å². The number of hydrogen-bond acceptors (Lipinski definition) is 4. The molecular formula is C14H14F3N3O. The molecule has 1 fully saturated rings. The van der Waals surface area contributed by atoms with E-state index < -0.39 is 11.9 Å². The molecular weight excluding hydrogens is 283 g/mol. The first-order valence-electron chi connectivity index (χ1n) is 6.86. The lowest BCUT2D eigenvalue weighted by Gasteiger charge is -2.37. The fourth-order valence-corrected chi connectivity index (χ4v) is 2.91. The monoisotopic (exact) mass is 297 g/mol. The normalized spacial score (nSPS) is 25.1. The zero-order valence-corrected chi connectivity index (χ0v) is 11.2. The van der Waals surface area contributed by atoms with E-state index >= 15 is 0 Å². The van der Waals surface area contributed by atoms with Crippen molar-refractivity contribution < 1.29 is 17.9 Å². The van der Waals surface area contributed by atoms with Crippen LogP contribution >= 0.6 is 0 Å². The Labute approximate surface area is 120 Å². The smallest absolute Gasteiger partial charge is 0.433 e. The zero-order valence-electron chi connectivity index (χ0n) is 11.2. The van der Waals surface area contributed by atoms with Crippen LogP contribution in [0.25, 0.3) is 0 Å². The van der Waals surface area contributed by atoms with Crippen molar-refractivity contribution in [2.75, 3.05) is 18.1 Å². The summed E-state index contributed by atoms with van der Waals surface area (Å²) in [5.74, 6) is 0.403. The SMILES string of the molecule is N#CC1CCC2CCOc3ccc(C(F)(F)F)nc3N2C1. The van der Waals surface area contributed by atoms with Crippen LogP contribution in [0.1, 0.15) is 25.0 Å². The van der Waals surface area contributed by atoms with Crippen LogP contribution in [0.15, 0.2) is 12.1 Å². The van der Waals surface area contributed by atoms with Gasteiger partial charge in [0.15, 0.2) is 11.6 Å². The molecule has 1 aromatic heterocycles. The van der Waals surface area contributed by atoms with E-state index in [1.54, 1.807) is 0 Å². The Morgan fingerprint density at radius 3 is 2.81 bits per heavy atom. The van der Waals surface area contributed by atoms with E-state index in [0.29, 0.717) is 18.9 Å². The molecule has 2 atom stereocenters. The van der Waals surface area contributed by atoms with E-state index in [1.165, 1.54) is 6.07 Å². The van der Waals surface area contributed by atoms with E-state index in [9.17, 15) is 13.2 Å². The second-order valence-electron chi connectivity index (χ2n) is 5.36. The first kappa shape index (κ1) is 14.0. The van der Waals surface area contributed by atoms with Crippen molar-refractivity contribution in [2.24, 2.45) is 5.92 Å². The molecule has 0 radical (unpaired) electrons. The van der Waals surface area contributed by atoms with Crippen molar-refractivity contribution in [3.05, 3.63) is 17.8 Å². The van der Waals surface area contributed by atoms with Crippen molar-refractivity contribution in [1.82, 2.24) is 4.98 Å². The summed E-state index contributed by atoms with van der Waals surface area (Å²) in [7, 11) is 0. The van der Waals surface area contributed by atoms with E-state index in [2.05, 4.69) is 11.1 Å². The number of aromatic nitrogens is 1. The van der Waals surface area contributed by atoms with Crippen LogP contribution in [-0.2, 0) is 6.18 Å². The van der Waals surface area contributed by atoms with Crippen molar-refractivity contribution in [3.63, 3.8) is 0 Å². The molecule has 0 aliphatic carbocycles. The number of hydrogen-bond donors (Lipinski definition) is 0. The molecule has 0 amide bonds. The highest BCUT2D eigenvalue weighted by Gasteiger charge is 2.37. The van der Waals surface area contributed by atoms with Crippen LogP contribution in [0.2, 0.25) is 0 Å². The number of halogens is 3. The van der Waals surface area contributed by atoms with Gasteiger partial charge in [0.2, 0.25) is 0 Å². The first-order chi connectivity index (χ1) is 9.99. The first-order valence-corrected chi connectivity index (χ1v) is 6.86. The second kappa shape index (κ2) is 5.10. The van der Waals surface area contributed by atoms with Crippen molar-refractivity contribution in [3.8, 4) is 11.8 Å². The van der Waals surface area contributed by atoms with Gasteiger partial charge in [-0.1, -0.05) is 0 Å². The highest BCUT2D eigenvalue weighted by molar-refractivity contribution is 5.55. The lowest BCUT2D eigenvalue weighted by Crippen LogP contribution is -2.43. The lowest BCUT2D eigenvalue weighted by atomic mass is 9.92. The number of piperidine rings is 1. The molecule has 0 spiro atoms. The zero-order chi connectivity index (χ0) is 15.0. The number of ether oxygens (including phenoxy) is 1. The topological polar surface area (TPSA) is 49.1 Å². The van der Waals surface area contributed by atoms with E-state index in [1.807, 2.05) is 4.90 Å². The minimum atomic E-state index is -4.48. The summed E-state index contributed by atoms with van der Waals surface area (Å²) in [6, 6.07) is 4.55. The molecule has 7 heteroatoms. The van der Waals surface area contributed by atoms with Crippen LogP contribution in [-0.4, -0.2) is 24.2 Å². The van der Waals surface area contributed by atoms with Crippen LogP contribution in [0.5, 0.6) is 5.75 Å². The standard InChI is InChI=1S/C14H14F3N3O/c15-14(16,17)12-4-3-11-13(19-12)20-8-9(7-18)1-2-10(20)5-6-21-11/h3-4,9-10H,1-2,5-6,8H2. The predicted octanol–water partition coefficient (Wildman–Crippen LogP) is 2.99. The summed E-state index contributed by atoms with van der Waals surface area (Å²) in [6.45, 7) is 0.865. The maximum absolute atomic E-state index is 12.9. The summed E-state index contributed by atoms with van der Waals surface area (Å²) in [6.07, 6.45) is -2.21. The Hall–Kier alpha value is -1.97. The van der Waals surface area contributed by atoms with E-state index in [0.717, 1.165) is 25.3 Å². The minimum Gasteiger partial charge on any atom is -0.490 e. The molecule has 2 aliphatic rings. The maximum atomic E-state index is 12.9. The Morgan fingerprint density at radius 1 is 1.29 bits per heavy atom. The van der Waals surface area contributed by atoms with Gasteiger partial charge in [-0.25, -0.2) is 4.98 Å². The van der Waals surface area contributed by atoms with Gasteiger partial charge in [0.1, 0.15) is 5.69 Å². The predicted molar refractivity (Wildman–Crippen MR) is 68.8 cm³/mol. The third-order valence-corrected chi connectivity index (χ3v) is 4.00. The van der Waals surface area contributed by atoms with Crippen LogP contribution in [0.3, 0.4) is 0 Å². The maximum Gasteiger partial charge on any atom is 0.433 e. The Bertz CT molecular complexity index is 582. The Morgan fingerprint density at radius 2 is 2.10 bits per heavy atom. The van der Waals surface area contributed by atoms with Gasteiger partial charge < -0.3 is 9.64 Å². The minimum absolute atomic E-state index is 0.0897. The molecule has 1 aromatic rings. The lowest BCUT2D eigenvalue weighted by molar-refractivity contribution is -0.141. The Kier molecular flexibility index (Phi) is 3.40. The number of fused-ring (bicyclic) bond motifs is 3. The molecule has 0 N–H and O–H groups in total. The van der Waals surface area contributed by atoms with Gasteiger partial charge in [-0.2, -0.15) is 18.4 Å². The number of alkyl halides is 3. The van der Waals surface area contributed by atoms with Crippen LogP contribution < -0.4 is 9.64 Å². The van der Waals surface area contributed by atoms with E-state index in [-0.39, 0.29) is 17.8 Å². The molecule has 0 aromatic carbocycles. The van der Waals surface area contributed by atoms with Gasteiger partial charge in [0.25, 0.3) is 0 Å². The summed E-state index contributed by atoms with van der Waals surface area (Å²) in [5, 5.41) is 9.08. The largest absolute Gasteiger partial charge is 0.490 e. The van der Waals surface area contributed by atoms with Gasteiger partial charge in [0, 0.05) is 19.0 Å². The summed E-state index contributed by atoms with van der Waals surface area (Å²) >= 11 is 0. The van der Waals surface area contributed by atoms with Crippen molar-refractivity contribution in [2.45, 2.75) is 31.5 Å². The number of rotatable bonds is 0. The molecule has 0 bridgehead atoms. The average molecular weight is 297 g/mol. The van der Waals surface area contributed by atoms with Gasteiger partial charge in [0.05, 0.1) is 18.6 Å². The third-order valence-electron chi connectivity index (χ3n) is 4.00. The third kappa shape index (κ3) is 2.62. The number of nitriles is 1. The molecule has 2 aliphatic heterocycles. The fourth-order valence-electron chi connectivity index (χ4n) is 2.91. The highest BCUT2D eigenvalue weighted by Crippen LogP contribution is 2.39. The second-order valence-corrected chi connectivity index (χ2v) is 5.36. The quantitative estimate of drug-likeness (QED) is 0.738. The summed E-state index contributed by atoms with van der Waals surface area (Å²) in [4.78, 5) is 5.58. The molecule has 3 rings (SSSR count). The van der Waals surface area contributed by atoms with Gasteiger partial charge in [-0.15, -0.1) is 0 Å². The van der Waals surface area contributed by atoms with Crippen molar-refractivity contribution >= 4 is 5.82 Å². The van der Waals surface area contributed by atoms with Gasteiger partial charge in [-0.3, -0.25) is 0 Å².